The van der Waals surface area contributed by atoms with E-state index in [1.54, 1.807) is 18.1 Å². The molecule has 3 fully saturated rings. The van der Waals surface area contributed by atoms with Gasteiger partial charge in [-0.1, -0.05) is 42.8 Å². The maximum atomic E-state index is 14.1. The summed E-state index contributed by atoms with van der Waals surface area (Å²) >= 11 is 0. The number of nitrogens with zero attached hydrogens (tertiary/aromatic N) is 1. The molecule has 11 heteroatoms. The number of likely N-dealkylation sites (tertiary alicyclic amines) is 1. The number of aromatic nitrogens is 1. The monoisotopic (exact) mass is 599 g/mol. The van der Waals surface area contributed by atoms with Gasteiger partial charge in [0.05, 0.1) is 13.2 Å². The molecule has 1 aliphatic carbocycles. The number of methoxy groups -OCH3 is 1. The number of hydrogen-bond donors (Lipinski definition) is 4. The lowest BCUT2D eigenvalue weighted by molar-refractivity contribution is -0.141. The summed E-state index contributed by atoms with van der Waals surface area (Å²) in [5, 5.41) is 9.00. The molecule has 3 aromatic rings. The lowest BCUT2D eigenvalue weighted by Crippen LogP contribution is -2.55. The van der Waals surface area contributed by atoms with Crippen molar-refractivity contribution in [1.29, 1.82) is 0 Å². The van der Waals surface area contributed by atoms with Crippen molar-refractivity contribution in [3.05, 3.63) is 65.9 Å². The highest BCUT2D eigenvalue weighted by molar-refractivity contribution is 6.38. The van der Waals surface area contributed by atoms with E-state index in [-0.39, 0.29) is 36.6 Å². The highest BCUT2D eigenvalue weighted by Gasteiger charge is 2.50. The minimum atomic E-state index is -1.21. The second kappa shape index (κ2) is 12.5. The molecule has 1 unspecified atom stereocenters. The number of H-pyrrole nitrogens is 1. The molecule has 230 valence electrons. The van der Waals surface area contributed by atoms with E-state index in [2.05, 4.69) is 20.9 Å². The Hall–Kier alpha value is -4.67. The maximum Gasteiger partial charge on any atom is 0.289 e. The van der Waals surface area contributed by atoms with Crippen LogP contribution in [0.4, 0.5) is 0 Å². The van der Waals surface area contributed by atoms with Crippen LogP contribution >= 0.6 is 0 Å². The first-order chi connectivity index (χ1) is 21.3. The molecule has 11 nitrogen and oxygen atoms in total. The predicted molar refractivity (Wildman–Crippen MR) is 161 cm³/mol. The molecule has 2 aromatic carbocycles. The summed E-state index contributed by atoms with van der Waals surface area (Å²) in [4.78, 5) is 71.7. The molecule has 4 N–H and O–H groups in total. The van der Waals surface area contributed by atoms with Gasteiger partial charge in [-0.2, -0.15) is 0 Å². The highest BCUT2D eigenvalue weighted by atomic mass is 16.5. The molecule has 5 atom stereocenters. The number of nitrogens with one attached hydrogen (secondary N) is 4. The van der Waals surface area contributed by atoms with Gasteiger partial charge in [0.2, 0.25) is 17.6 Å². The van der Waals surface area contributed by atoms with Crippen LogP contribution in [0.1, 0.15) is 48.2 Å². The van der Waals surface area contributed by atoms with Gasteiger partial charge < -0.3 is 30.6 Å². The lowest BCUT2D eigenvalue weighted by atomic mass is 9.91. The van der Waals surface area contributed by atoms with E-state index in [1.807, 2.05) is 48.5 Å². The Labute approximate surface area is 255 Å². The number of fused-ring (bicyclic) bond motifs is 2. The summed E-state index contributed by atoms with van der Waals surface area (Å²) in [5.74, 6) is -2.40. The molecule has 3 heterocycles. The standard InChI is InChI=1S/C33H37N5O6/c1-44-27-12-6-11-24-23(27)16-26(36-24)33(43)38-18-21-9-5-10-22(21)28(38)31(41)37-25(15-20-13-14-34-30(20)40)29(39)32(42)35-17-19-7-3-2-4-8-19/h2-4,6-8,11-12,16,20-22,25,28,36H,5,9-10,13-15,17-18H2,1H3,(H,34,40)(H,35,42)(H,37,41)/t20-,21-,22-,25?,28-/m0/s1. The molecule has 2 aliphatic heterocycles. The van der Waals surface area contributed by atoms with E-state index in [0.29, 0.717) is 31.0 Å². The van der Waals surface area contributed by atoms with Gasteiger partial charge in [0.1, 0.15) is 17.5 Å². The SMILES string of the molecule is COc1cccc2[nH]c(C(=O)N3C[C@@H]4CCC[C@@H]4[C@H]3C(=O)NC(C[C@@H]3CCNC3=O)C(=O)C(=O)NCc3ccccc3)cc12. The Morgan fingerprint density at radius 2 is 1.86 bits per heavy atom. The molecule has 6 rings (SSSR count). The van der Waals surface area contributed by atoms with E-state index in [9.17, 15) is 24.0 Å². The fourth-order valence-corrected chi connectivity index (χ4v) is 7.09. The van der Waals surface area contributed by atoms with E-state index in [4.69, 9.17) is 4.74 Å². The van der Waals surface area contributed by atoms with E-state index >= 15 is 0 Å². The van der Waals surface area contributed by atoms with E-state index < -0.39 is 35.6 Å². The molecule has 44 heavy (non-hydrogen) atoms. The molecule has 1 saturated carbocycles. The topological polar surface area (TPSA) is 150 Å². The molecule has 2 saturated heterocycles. The third kappa shape index (κ3) is 5.78. The van der Waals surface area contributed by atoms with Gasteiger partial charge in [-0.05, 0) is 61.3 Å². The minimum Gasteiger partial charge on any atom is -0.496 e. The molecule has 3 aliphatic rings. The number of carbonyl (C=O) groups excluding carboxylic acids is 5. The van der Waals surface area contributed by atoms with Crippen molar-refractivity contribution in [1.82, 2.24) is 25.8 Å². The molecule has 1 aromatic heterocycles. The minimum absolute atomic E-state index is 0.00569. The zero-order chi connectivity index (χ0) is 30.8. The highest BCUT2D eigenvalue weighted by Crippen LogP contribution is 2.43. The summed E-state index contributed by atoms with van der Waals surface area (Å²) in [6.07, 6.45) is 3.16. The summed E-state index contributed by atoms with van der Waals surface area (Å²) in [5.41, 5.74) is 1.92. The molecule has 0 radical (unpaired) electrons. The molecule has 0 spiro atoms. The van der Waals surface area contributed by atoms with Crippen LogP contribution in [0, 0.1) is 17.8 Å². The molecule has 0 bridgehead atoms. The molecule has 4 amide bonds. The quantitative estimate of drug-likeness (QED) is 0.263. The average molecular weight is 600 g/mol. The normalized spacial score (nSPS) is 23.2. The fourth-order valence-electron chi connectivity index (χ4n) is 7.09. The lowest BCUT2D eigenvalue weighted by Gasteiger charge is -2.29. The maximum absolute atomic E-state index is 14.1. The van der Waals surface area contributed by atoms with Gasteiger partial charge in [0.25, 0.3) is 11.8 Å². The first kappa shape index (κ1) is 29.4. The number of amides is 4. The number of aromatic amines is 1. The van der Waals surface area contributed by atoms with Crippen molar-refractivity contribution >= 4 is 40.3 Å². The van der Waals surface area contributed by atoms with Gasteiger partial charge in [-0.3, -0.25) is 24.0 Å². The zero-order valence-electron chi connectivity index (χ0n) is 24.6. The van der Waals surface area contributed by atoms with Crippen LogP contribution in [0.2, 0.25) is 0 Å². The first-order valence-electron chi connectivity index (χ1n) is 15.2. The Balaban J connectivity index is 1.23. The number of carbonyl (C=O) groups is 5. The summed E-state index contributed by atoms with van der Waals surface area (Å²) in [7, 11) is 1.57. The Kier molecular flexibility index (Phi) is 8.36. The molecular formula is C33H37N5O6. The zero-order valence-corrected chi connectivity index (χ0v) is 24.6. The number of ether oxygens (including phenoxy) is 1. The number of ketones is 1. The summed E-state index contributed by atoms with van der Waals surface area (Å²) in [6, 6.07) is 14.4. The number of benzene rings is 2. The van der Waals surface area contributed by atoms with E-state index in [1.165, 1.54) is 0 Å². The van der Waals surface area contributed by atoms with E-state index in [0.717, 1.165) is 35.7 Å². The number of Topliss-reactive ketones (excluding diaryl/α,β-unsaturated/α-hetero) is 1. The largest absolute Gasteiger partial charge is 0.496 e. The second-order valence-electron chi connectivity index (χ2n) is 12.0. The van der Waals surface area contributed by atoms with Crippen LogP contribution in [0.15, 0.2) is 54.6 Å². The van der Waals surface area contributed by atoms with Crippen LogP contribution in [0.5, 0.6) is 5.75 Å². The van der Waals surface area contributed by atoms with Crippen molar-refractivity contribution in [2.75, 3.05) is 20.2 Å². The Bertz CT molecular complexity index is 1590. The van der Waals surface area contributed by atoms with Crippen LogP contribution in [-0.2, 0) is 25.7 Å². The number of hydrogen-bond acceptors (Lipinski definition) is 6. The number of rotatable bonds is 10. The third-order valence-corrected chi connectivity index (χ3v) is 9.33. The summed E-state index contributed by atoms with van der Waals surface area (Å²) < 4.78 is 5.45. The first-order valence-corrected chi connectivity index (χ1v) is 15.2. The van der Waals surface area contributed by atoms with Crippen LogP contribution < -0.4 is 20.7 Å². The van der Waals surface area contributed by atoms with Gasteiger partial charge >= 0.3 is 0 Å². The van der Waals surface area contributed by atoms with Crippen molar-refractivity contribution in [3.63, 3.8) is 0 Å². The van der Waals surface area contributed by atoms with Gasteiger partial charge in [0, 0.05) is 36.5 Å². The predicted octanol–water partition coefficient (Wildman–Crippen LogP) is 2.31. The van der Waals surface area contributed by atoms with Crippen molar-refractivity contribution in [3.8, 4) is 5.75 Å². The van der Waals surface area contributed by atoms with Gasteiger partial charge in [0.15, 0.2) is 0 Å². The second-order valence-corrected chi connectivity index (χ2v) is 12.0. The third-order valence-electron chi connectivity index (χ3n) is 9.33. The Morgan fingerprint density at radius 1 is 1.05 bits per heavy atom. The van der Waals surface area contributed by atoms with Crippen LogP contribution in [0.25, 0.3) is 10.9 Å². The molecular weight excluding hydrogens is 562 g/mol. The van der Waals surface area contributed by atoms with Crippen LogP contribution in [-0.4, -0.2) is 71.6 Å². The smallest absolute Gasteiger partial charge is 0.289 e. The van der Waals surface area contributed by atoms with Gasteiger partial charge in [-0.25, -0.2) is 0 Å². The summed E-state index contributed by atoms with van der Waals surface area (Å²) in [6.45, 7) is 1.05. The van der Waals surface area contributed by atoms with Crippen LogP contribution in [0.3, 0.4) is 0 Å². The average Bonchev–Trinajstić information content (AvgIpc) is 3.83. The van der Waals surface area contributed by atoms with Crippen molar-refractivity contribution in [2.24, 2.45) is 17.8 Å². The fraction of sp³-hybridized carbons (Fsp3) is 0.424. The Morgan fingerprint density at radius 3 is 2.61 bits per heavy atom. The van der Waals surface area contributed by atoms with Crippen molar-refractivity contribution in [2.45, 2.75) is 50.7 Å². The van der Waals surface area contributed by atoms with Crippen molar-refractivity contribution < 1.29 is 28.7 Å². The van der Waals surface area contributed by atoms with Gasteiger partial charge in [-0.15, -0.1) is 0 Å².